The Bertz CT molecular complexity index is 688. The number of hydrogen-bond acceptors (Lipinski definition) is 9. The molecular weight excluding hydrogens is 378 g/mol. The number of rotatable bonds is 9. The number of nitrogens with one attached hydrogen (secondary N) is 3. The van der Waals surface area contributed by atoms with Crippen LogP contribution >= 0.6 is 0 Å². The SMILES string of the molecule is CC(O)[C@H](NC(=O)N[C@@H](CCC(=O)O)c1nc(C2COCCN2)no1)C(=O)O. The lowest BCUT2D eigenvalue weighted by atomic mass is 10.1. The number of aliphatic hydroxyl groups excluding tert-OH is 1. The van der Waals surface area contributed by atoms with E-state index in [1.54, 1.807) is 0 Å². The second-order valence-corrected chi connectivity index (χ2v) is 6.23. The average molecular weight is 401 g/mol. The van der Waals surface area contributed by atoms with Gasteiger partial charge in [-0.2, -0.15) is 4.98 Å². The second-order valence-electron chi connectivity index (χ2n) is 6.23. The van der Waals surface area contributed by atoms with Crippen molar-refractivity contribution < 1.29 is 39.0 Å². The number of ether oxygens (including phenoxy) is 1. The Morgan fingerprint density at radius 2 is 2.07 bits per heavy atom. The van der Waals surface area contributed by atoms with E-state index >= 15 is 0 Å². The monoisotopic (exact) mass is 401 g/mol. The number of carboxylic acids is 2. The first-order valence-corrected chi connectivity index (χ1v) is 8.62. The van der Waals surface area contributed by atoms with Gasteiger partial charge >= 0.3 is 18.0 Å². The van der Waals surface area contributed by atoms with Crippen LogP contribution in [-0.4, -0.2) is 75.3 Å². The molecule has 1 fully saturated rings. The van der Waals surface area contributed by atoms with Crippen molar-refractivity contribution in [1.82, 2.24) is 26.1 Å². The number of hydrogen-bond donors (Lipinski definition) is 6. The fourth-order valence-corrected chi connectivity index (χ4v) is 2.52. The molecule has 1 aliphatic heterocycles. The minimum atomic E-state index is -1.54. The van der Waals surface area contributed by atoms with Crippen LogP contribution in [0.15, 0.2) is 4.52 Å². The maximum atomic E-state index is 12.1. The number of morpholine rings is 1. The second kappa shape index (κ2) is 9.96. The van der Waals surface area contributed by atoms with Crippen molar-refractivity contribution in [1.29, 1.82) is 0 Å². The van der Waals surface area contributed by atoms with Crippen molar-refractivity contribution in [2.45, 2.75) is 44.0 Å². The smallest absolute Gasteiger partial charge is 0.328 e. The van der Waals surface area contributed by atoms with Crippen molar-refractivity contribution >= 4 is 18.0 Å². The van der Waals surface area contributed by atoms with Crippen LogP contribution in [0, 0.1) is 0 Å². The van der Waals surface area contributed by atoms with Gasteiger partial charge in [0.05, 0.1) is 25.4 Å². The molecule has 0 spiro atoms. The number of aromatic nitrogens is 2. The lowest BCUT2D eigenvalue weighted by Gasteiger charge is -2.21. The highest BCUT2D eigenvalue weighted by Gasteiger charge is 2.29. The van der Waals surface area contributed by atoms with Crippen LogP contribution in [0.3, 0.4) is 0 Å². The van der Waals surface area contributed by atoms with Gasteiger partial charge in [0.15, 0.2) is 11.9 Å². The highest BCUT2D eigenvalue weighted by atomic mass is 16.5. The summed E-state index contributed by atoms with van der Waals surface area (Å²) in [5, 5.41) is 38.9. The molecule has 1 aromatic heterocycles. The van der Waals surface area contributed by atoms with Gasteiger partial charge in [0, 0.05) is 13.0 Å². The molecule has 2 unspecified atom stereocenters. The van der Waals surface area contributed by atoms with Crippen molar-refractivity contribution in [3.63, 3.8) is 0 Å². The van der Waals surface area contributed by atoms with Crippen molar-refractivity contribution in [3.8, 4) is 0 Å². The normalized spacial score (nSPS) is 20.0. The Morgan fingerprint density at radius 3 is 2.64 bits per heavy atom. The zero-order valence-corrected chi connectivity index (χ0v) is 15.1. The van der Waals surface area contributed by atoms with Gasteiger partial charge in [0.25, 0.3) is 0 Å². The first-order chi connectivity index (χ1) is 13.3. The molecule has 2 rings (SSSR count). The van der Waals surface area contributed by atoms with E-state index in [1.165, 1.54) is 6.92 Å². The Hall–Kier alpha value is -2.77. The van der Waals surface area contributed by atoms with E-state index < -0.39 is 36.2 Å². The molecular formula is C15H23N5O8. The summed E-state index contributed by atoms with van der Waals surface area (Å²) in [6, 6.07) is -3.73. The van der Waals surface area contributed by atoms with Crippen molar-refractivity contribution in [3.05, 3.63) is 11.7 Å². The number of amides is 2. The molecule has 1 saturated heterocycles. The summed E-state index contributed by atoms with van der Waals surface area (Å²) < 4.78 is 10.5. The third kappa shape index (κ3) is 6.14. The van der Waals surface area contributed by atoms with E-state index in [-0.39, 0.29) is 24.8 Å². The van der Waals surface area contributed by atoms with Crippen LogP contribution in [0.2, 0.25) is 0 Å². The van der Waals surface area contributed by atoms with Gasteiger partial charge < -0.3 is 40.5 Å². The summed E-state index contributed by atoms with van der Waals surface area (Å²) in [5.41, 5.74) is 0. The molecule has 13 nitrogen and oxygen atoms in total. The van der Waals surface area contributed by atoms with Crippen LogP contribution in [0.4, 0.5) is 4.79 Å². The lowest BCUT2D eigenvalue weighted by molar-refractivity contribution is -0.141. The molecule has 28 heavy (non-hydrogen) atoms. The molecule has 0 saturated carbocycles. The van der Waals surface area contributed by atoms with Crippen LogP contribution < -0.4 is 16.0 Å². The third-order valence-electron chi connectivity index (χ3n) is 3.98. The number of aliphatic hydroxyl groups is 1. The number of nitrogens with zero attached hydrogens (tertiary/aromatic N) is 2. The summed E-state index contributed by atoms with van der Waals surface area (Å²) in [4.78, 5) is 38.3. The Kier molecular flexibility index (Phi) is 7.66. The predicted octanol–water partition coefficient (Wildman–Crippen LogP) is -1.23. The first-order valence-electron chi connectivity index (χ1n) is 8.62. The lowest BCUT2D eigenvalue weighted by Crippen LogP contribution is -2.51. The molecule has 0 bridgehead atoms. The quantitative estimate of drug-likeness (QED) is 0.290. The van der Waals surface area contributed by atoms with Crippen molar-refractivity contribution in [2.75, 3.05) is 19.8 Å². The average Bonchev–Trinajstić information content (AvgIpc) is 3.13. The Balaban J connectivity index is 2.08. The first kappa shape index (κ1) is 21.5. The fraction of sp³-hybridized carbons (Fsp3) is 0.667. The number of urea groups is 1. The van der Waals surface area contributed by atoms with Gasteiger partial charge in [-0.25, -0.2) is 9.59 Å². The van der Waals surface area contributed by atoms with E-state index in [9.17, 15) is 19.5 Å². The van der Waals surface area contributed by atoms with E-state index in [4.69, 9.17) is 19.5 Å². The Morgan fingerprint density at radius 1 is 1.32 bits per heavy atom. The molecule has 13 heteroatoms. The molecule has 2 heterocycles. The van der Waals surface area contributed by atoms with Crippen LogP contribution in [0.25, 0.3) is 0 Å². The minimum Gasteiger partial charge on any atom is -0.481 e. The summed E-state index contributed by atoms with van der Waals surface area (Å²) >= 11 is 0. The summed E-state index contributed by atoms with van der Waals surface area (Å²) in [6.07, 6.45) is -1.70. The standard InChI is InChI=1S/C15H23N5O8/c1-7(21)11(14(24)25)18-15(26)17-8(2-3-10(22)23)13-19-12(20-28-13)9-6-27-5-4-16-9/h7-9,11,16,21H,2-6H2,1H3,(H,22,23)(H,24,25)(H2,17,18,26)/t7?,8-,9?,11-/m0/s1. The third-order valence-corrected chi connectivity index (χ3v) is 3.98. The topological polar surface area (TPSA) is 196 Å². The number of aliphatic carboxylic acids is 2. The Labute approximate surface area is 159 Å². The minimum absolute atomic E-state index is 0.0253. The molecule has 0 radical (unpaired) electrons. The van der Waals surface area contributed by atoms with Crippen LogP contribution in [0.5, 0.6) is 0 Å². The maximum Gasteiger partial charge on any atom is 0.328 e. The number of carbonyl (C=O) groups is 3. The summed E-state index contributed by atoms with van der Waals surface area (Å²) in [7, 11) is 0. The number of carboxylic acid groups (broad SMARTS) is 2. The highest BCUT2D eigenvalue weighted by molar-refractivity contribution is 5.83. The zero-order chi connectivity index (χ0) is 20.7. The van der Waals surface area contributed by atoms with Gasteiger partial charge in [0.2, 0.25) is 5.89 Å². The van der Waals surface area contributed by atoms with Crippen molar-refractivity contribution in [2.24, 2.45) is 0 Å². The largest absolute Gasteiger partial charge is 0.481 e. The summed E-state index contributed by atoms with van der Waals surface area (Å²) in [6.45, 7) is 2.71. The molecule has 4 atom stereocenters. The molecule has 0 aromatic carbocycles. The maximum absolute atomic E-state index is 12.1. The predicted molar refractivity (Wildman–Crippen MR) is 90.2 cm³/mol. The van der Waals surface area contributed by atoms with E-state index in [1.807, 2.05) is 0 Å². The molecule has 156 valence electrons. The molecule has 2 amide bonds. The fourth-order valence-electron chi connectivity index (χ4n) is 2.52. The molecule has 1 aliphatic rings. The highest BCUT2D eigenvalue weighted by Crippen LogP contribution is 2.20. The van der Waals surface area contributed by atoms with E-state index in [0.29, 0.717) is 25.6 Å². The molecule has 1 aromatic rings. The van der Waals surface area contributed by atoms with Gasteiger partial charge in [-0.1, -0.05) is 5.16 Å². The van der Waals surface area contributed by atoms with Gasteiger partial charge in [-0.15, -0.1) is 0 Å². The van der Waals surface area contributed by atoms with Crippen LogP contribution in [-0.2, 0) is 14.3 Å². The zero-order valence-electron chi connectivity index (χ0n) is 15.1. The van der Waals surface area contributed by atoms with E-state index in [2.05, 4.69) is 26.1 Å². The summed E-state index contributed by atoms with van der Waals surface area (Å²) in [5.74, 6) is -2.25. The van der Waals surface area contributed by atoms with E-state index in [0.717, 1.165) is 0 Å². The number of carbonyl (C=O) groups excluding carboxylic acids is 1. The van der Waals surface area contributed by atoms with Gasteiger partial charge in [-0.05, 0) is 13.3 Å². The molecule has 6 N–H and O–H groups in total. The van der Waals surface area contributed by atoms with Crippen LogP contribution in [0.1, 0.15) is 43.6 Å². The van der Waals surface area contributed by atoms with Gasteiger partial charge in [-0.3, -0.25) is 4.79 Å². The van der Waals surface area contributed by atoms with Gasteiger partial charge in [0.1, 0.15) is 6.04 Å². The molecule has 0 aliphatic carbocycles.